The van der Waals surface area contributed by atoms with Crippen LogP contribution in [0.3, 0.4) is 0 Å². The molecule has 1 N–H and O–H groups in total. The smallest absolute Gasteiger partial charge is 0.230 e. The van der Waals surface area contributed by atoms with Crippen molar-refractivity contribution in [3.63, 3.8) is 0 Å². The Bertz CT molecular complexity index is 646. The third-order valence-corrected chi connectivity index (χ3v) is 3.88. The average molecular weight is 296 g/mol. The van der Waals surface area contributed by atoms with Gasteiger partial charge in [0.1, 0.15) is 5.82 Å². The highest BCUT2D eigenvalue weighted by atomic mass is 16.5. The second-order valence-electron chi connectivity index (χ2n) is 5.68. The number of rotatable bonds is 3. The fraction of sp³-hybridized carbons (Fsp3) is 0.333. The standard InChI is InChI=1S/C18H20N2O2/c1-13-7-9-14(10-8-13)16-5-2-6-17(19-16)20-18(21)15-4-3-11-22-12-15/h2,5-10,15H,3-4,11-12H2,1H3,(H,19,20,21). The summed E-state index contributed by atoms with van der Waals surface area (Å²) in [6.45, 7) is 3.31. The minimum Gasteiger partial charge on any atom is -0.381 e. The number of carbonyl (C=O) groups is 1. The van der Waals surface area contributed by atoms with Gasteiger partial charge in [0.15, 0.2) is 0 Å². The fourth-order valence-electron chi connectivity index (χ4n) is 2.57. The van der Waals surface area contributed by atoms with E-state index in [-0.39, 0.29) is 11.8 Å². The van der Waals surface area contributed by atoms with Crippen molar-refractivity contribution in [1.29, 1.82) is 0 Å². The Balaban J connectivity index is 1.73. The van der Waals surface area contributed by atoms with E-state index in [1.807, 2.05) is 30.3 Å². The van der Waals surface area contributed by atoms with Crippen molar-refractivity contribution in [1.82, 2.24) is 4.98 Å². The van der Waals surface area contributed by atoms with Crippen LogP contribution in [0.1, 0.15) is 18.4 Å². The Kier molecular flexibility index (Phi) is 4.49. The van der Waals surface area contributed by atoms with E-state index in [2.05, 4.69) is 29.4 Å². The molecule has 4 nitrogen and oxygen atoms in total. The number of hydrogen-bond donors (Lipinski definition) is 1. The zero-order valence-corrected chi connectivity index (χ0v) is 12.7. The summed E-state index contributed by atoms with van der Waals surface area (Å²) < 4.78 is 5.36. The highest BCUT2D eigenvalue weighted by Gasteiger charge is 2.22. The fourth-order valence-corrected chi connectivity index (χ4v) is 2.57. The van der Waals surface area contributed by atoms with Gasteiger partial charge in [-0.3, -0.25) is 4.79 Å². The summed E-state index contributed by atoms with van der Waals surface area (Å²) in [5.74, 6) is 0.514. The van der Waals surface area contributed by atoms with Gasteiger partial charge < -0.3 is 10.1 Å². The van der Waals surface area contributed by atoms with Gasteiger partial charge in [0.25, 0.3) is 0 Å². The van der Waals surface area contributed by atoms with E-state index in [1.165, 1.54) is 5.56 Å². The lowest BCUT2D eigenvalue weighted by Crippen LogP contribution is -2.30. The van der Waals surface area contributed by atoms with Crippen LogP contribution < -0.4 is 5.32 Å². The molecule has 3 rings (SSSR count). The van der Waals surface area contributed by atoms with Crippen molar-refractivity contribution >= 4 is 11.7 Å². The number of amides is 1. The number of benzene rings is 1. The first-order chi connectivity index (χ1) is 10.7. The van der Waals surface area contributed by atoms with Crippen LogP contribution in [0.5, 0.6) is 0 Å². The lowest BCUT2D eigenvalue weighted by atomic mass is 10.0. The van der Waals surface area contributed by atoms with Crippen LogP contribution in [-0.4, -0.2) is 24.1 Å². The first kappa shape index (κ1) is 14.7. The Hall–Kier alpha value is -2.20. The molecule has 1 atom stereocenters. The summed E-state index contributed by atoms with van der Waals surface area (Å²) in [7, 11) is 0. The largest absolute Gasteiger partial charge is 0.381 e. The van der Waals surface area contributed by atoms with Crippen molar-refractivity contribution < 1.29 is 9.53 Å². The molecule has 0 aliphatic carbocycles. The molecule has 2 aromatic rings. The number of pyridine rings is 1. The van der Waals surface area contributed by atoms with E-state index in [0.29, 0.717) is 12.4 Å². The minimum absolute atomic E-state index is 0.00624. The molecule has 1 unspecified atom stereocenters. The molecule has 1 aromatic heterocycles. The van der Waals surface area contributed by atoms with E-state index in [0.717, 1.165) is 30.7 Å². The molecule has 22 heavy (non-hydrogen) atoms. The molecule has 1 aromatic carbocycles. The molecule has 1 amide bonds. The number of anilines is 1. The van der Waals surface area contributed by atoms with Crippen LogP contribution in [0.25, 0.3) is 11.3 Å². The summed E-state index contributed by atoms with van der Waals surface area (Å²) in [5.41, 5.74) is 3.12. The van der Waals surface area contributed by atoms with Gasteiger partial charge in [-0.05, 0) is 31.9 Å². The number of aromatic nitrogens is 1. The van der Waals surface area contributed by atoms with Gasteiger partial charge in [-0.2, -0.15) is 0 Å². The zero-order valence-electron chi connectivity index (χ0n) is 12.7. The molecule has 2 heterocycles. The summed E-state index contributed by atoms with van der Waals surface area (Å²) in [5, 5.41) is 2.90. The molecule has 4 heteroatoms. The monoisotopic (exact) mass is 296 g/mol. The van der Waals surface area contributed by atoms with Crippen molar-refractivity contribution in [3.05, 3.63) is 48.0 Å². The first-order valence-corrected chi connectivity index (χ1v) is 7.65. The number of hydrogen-bond acceptors (Lipinski definition) is 3. The van der Waals surface area contributed by atoms with Crippen molar-refractivity contribution in [2.45, 2.75) is 19.8 Å². The predicted molar refractivity (Wildman–Crippen MR) is 86.6 cm³/mol. The molecular formula is C18H20N2O2. The molecule has 114 valence electrons. The number of ether oxygens (including phenoxy) is 1. The normalized spacial score (nSPS) is 18.0. The maximum atomic E-state index is 12.2. The van der Waals surface area contributed by atoms with E-state index >= 15 is 0 Å². The van der Waals surface area contributed by atoms with Crippen molar-refractivity contribution in [2.24, 2.45) is 5.92 Å². The maximum Gasteiger partial charge on any atom is 0.230 e. The quantitative estimate of drug-likeness (QED) is 0.944. The second-order valence-corrected chi connectivity index (χ2v) is 5.68. The predicted octanol–water partition coefficient (Wildman–Crippen LogP) is 3.42. The van der Waals surface area contributed by atoms with Crippen LogP contribution in [0.15, 0.2) is 42.5 Å². The Morgan fingerprint density at radius 1 is 1.23 bits per heavy atom. The van der Waals surface area contributed by atoms with Crippen LogP contribution in [0.2, 0.25) is 0 Å². The van der Waals surface area contributed by atoms with Crippen LogP contribution in [-0.2, 0) is 9.53 Å². The maximum absolute atomic E-state index is 12.2. The average Bonchev–Trinajstić information content (AvgIpc) is 2.56. The third kappa shape index (κ3) is 3.52. The molecule has 1 aliphatic heterocycles. The van der Waals surface area contributed by atoms with Crippen LogP contribution in [0.4, 0.5) is 5.82 Å². The van der Waals surface area contributed by atoms with Crippen molar-refractivity contribution in [2.75, 3.05) is 18.5 Å². The van der Waals surface area contributed by atoms with E-state index in [4.69, 9.17) is 4.74 Å². The molecule has 0 saturated carbocycles. The van der Waals surface area contributed by atoms with E-state index in [1.54, 1.807) is 0 Å². The highest BCUT2D eigenvalue weighted by Crippen LogP contribution is 2.20. The molecular weight excluding hydrogens is 276 g/mol. The first-order valence-electron chi connectivity index (χ1n) is 7.65. The number of carbonyl (C=O) groups excluding carboxylic acids is 1. The van der Waals surface area contributed by atoms with Gasteiger partial charge >= 0.3 is 0 Å². The van der Waals surface area contributed by atoms with Gasteiger partial charge in [0.05, 0.1) is 18.2 Å². The summed E-state index contributed by atoms with van der Waals surface area (Å²) in [6.07, 6.45) is 1.82. The zero-order chi connectivity index (χ0) is 15.4. The summed E-state index contributed by atoms with van der Waals surface area (Å²) in [6, 6.07) is 13.9. The molecule has 0 radical (unpaired) electrons. The molecule has 0 bridgehead atoms. The second kappa shape index (κ2) is 6.71. The van der Waals surface area contributed by atoms with Crippen molar-refractivity contribution in [3.8, 4) is 11.3 Å². The number of nitrogens with zero attached hydrogens (tertiary/aromatic N) is 1. The highest BCUT2D eigenvalue weighted by molar-refractivity contribution is 5.92. The van der Waals surface area contributed by atoms with Gasteiger partial charge in [-0.25, -0.2) is 4.98 Å². The number of aryl methyl sites for hydroxylation is 1. The summed E-state index contributed by atoms with van der Waals surface area (Å²) in [4.78, 5) is 16.8. The van der Waals surface area contributed by atoms with Crippen LogP contribution in [0, 0.1) is 12.8 Å². The third-order valence-electron chi connectivity index (χ3n) is 3.88. The molecule has 1 fully saturated rings. The Morgan fingerprint density at radius 2 is 2.05 bits per heavy atom. The lowest BCUT2D eigenvalue weighted by Gasteiger charge is -2.21. The topological polar surface area (TPSA) is 51.2 Å². The van der Waals surface area contributed by atoms with Crippen LogP contribution >= 0.6 is 0 Å². The Labute approximate surface area is 130 Å². The molecule has 1 saturated heterocycles. The van der Waals surface area contributed by atoms with Gasteiger partial charge in [-0.15, -0.1) is 0 Å². The van der Waals surface area contributed by atoms with Gasteiger partial charge in [0, 0.05) is 12.2 Å². The Morgan fingerprint density at radius 3 is 2.77 bits per heavy atom. The van der Waals surface area contributed by atoms with Gasteiger partial charge in [0.2, 0.25) is 5.91 Å². The minimum atomic E-state index is -0.0708. The molecule has 1 aliphatic rings. The molecule has 0 spiro atoms. The number of nitrogens with one attached hydrogen (secondary N) is 1. The summed E-state index contributed by atoms with van der Waals surface area (Å²) >= 11 is 0. The lowest BCUT2D eigenvalue weighted by molar-refractivity contribution is -0.123. The van der Waals surface area contributed by atoms with E-state index < -0.39 is 0 Å². The van der Waals surface area contributed by atoms with Gasteiger partial charge in [-0.1, -0.05) is 35.9 Å². The van der Waals surface area contributed by atoms with E-state index in [9.17, 15) is 4.79 Å². The SMILES string of the molecule is Cc1ccc(-c2cccc(NC(=O)C3CCCOC3)n2)cc1.